The van der Waals surface area contributed by atoms with Crippen molar-refractivity contribution in [2.24, 2.45) is 0 Å². The van der Waals surface area contributed by atoms with Gasteiger partial charge in [0.1, 0.15) is 5.75 Å². The Hall–Kier alpha value is -3.43. The maximum absolute atomic E-state index is 6.23. The molecule has 0 radical (unpaired) electrons. The number of ether oxygens (including phenoxy) is 1. The largest absolute Gasteiger partial charge is 0.493 e. The minimum Gasteiger partial charge on any atom is -0.493 e. The first-order chi connectivity index (χ1) is 21.2. The molecule has 2 heterocycles. The summed E-state index contributed by atoms with van der Waals surface area (Å²) in [6, 6.07) is 23.9. The average Bonchev–Trinajstić information content (AvgIpc) is 3.64. The van der Waals surface area contributed by atoms with Crippen molar-refractivity contribution in [3.8, 4) is 18.1 Å². The number of nitrogens with one attached hydrogen (secondary N) is 1. The molecule has 1 unspecified atom stereocenters. The molecule has 0 spiro atoms. The lowest BCUT2D eigenvalue weighted by atomic mass is 10.1. The number of fused-ring (bicyclic) bond motifs is 2. The van der Waals surface area contributed by atoms with Crippen LogP contribution in [0, 0.1) is 12.3 Å². The van der Waals surface area contributed by atoms with E-state index in [2.05, 4.69) is 86.4 Å². The molecule has 1 aromatic heterocycles. The predicted molar refractivity (Wildman–Crippen MR) is 179 cm³/mol. The predicted octanol–water partition coefficient (Wildman–Crippen LogP) is 7.31. The van der Waals surface area contributed by atoms with Gasteiger partial charge in [0, 0.05) is 61.1 Å². The van der Waals surface area contributed by atoms with Crippen molar-refractivity contribution >= 4 is 28.2 Å². The number of unbranched alkanes of at least 4 members (excludes halogenated alkanes) is 3. The zero-order chi connectivity index (χ0) is 29.4. The highest BCUT2D eigenvalue weighted by molar-refractivity contribution is 6.30. The number of benzene rings is 3. The Bertz CT molecular complexity index is 1550. The zero-order valence-electron chi connectivity index (χ0n) is 25.1. The maximum Gasteiger partial charge on any atom is 0.122 e. The Kier molecular flexibility index (Phi) is 9.90. The van der Waals surface area contributed by atoms with Crippen LogP contribution in [0.3, 0.4) is 0 Å². The summed E-state index contributed by atoms with van der Waals surface area (Å²) in [5.74, 6) is 3.75. The Labute approximate surface area is 261 Å². The van der Waals surface area contributed by atoms with Crippen LogP contribution in [0.15, 0.2) is 72.9 Å². The van der Waals surface area contributed by atoms with E-state index in [1.54, 1.807) is 0 Å². The number of hydrogen-bond acceptors (Lipinski definition) is 4. The number of nitrogens with zero attached hydrogens (tertiary/aromatic N) is 3. The lowest BCUT2D eigenvalue weighted by molar-refractivity contribution is 0.249. The van der Waals surface area contributed by atoms with Gasteiger partial charge in [0.15, 0.2) is 0 Å². The summed E-state index contributed by atoms with van der Waals surface area (Å²) in [6.07, 6.45) is 14.6. The lowest BCUT2D eigenvalue weighted by Gasteiger charge is -2.36. The number of aromatic nitrogens is 1. The summed E-state index contributed by atoms with van der Waals surface area (Å²) in [5, 5.41) is 5.58. The van der Waals surface area contributed by atoms with Crippen molar-refractivity contribution in [3.05, 3.63) is 94.6 Å². The monoisotopic (exact) mass is 594 g/mol. The SMILES string of the molecule is C#CCNC1CCc2c(OCCCCCCN3CCN(c4cccc5c4ccn5Cc4cccc(Cl)c4)CC3)cccc21. The van der Waals surface area contributed by atoms with E-state index in [-0.39, 0.29) is 0 Å². The summed E-state index contributed by atoms with van der Waals surface area (Å²) in [6.45, 7) is 7.82. The van der Waals surface area contributed by atoms with Gasteiger partial charge in [0.05, 0.1) is 18.7 Å². The maximum atomic E-state index is 6.23. The van der Waals surface area contributed by atoms with Crippen LogP contribution < -0.4 is 15.0 Å². The van der Waals surface area contributed by atoms with E-state index in [0.29, 0.717) is 12.6 Å². The molecule has 1 fully saturated rings. The number of halogens is 1. The van der Waals surface area contributed by atoms with Crippen molar-refractivity contribution in [3.63, 3.8) is 0 Å². The number of hydrogen-bond donors (Lipinski definition) is 1. The second-order valence-electron chi connectivity index (χ2n) is 11.9. The van der Waals surface area contributed by atoms with Crippen LogP contribution in [-0.2, 0) is 13.0 Å². The topological polar surface area (TPSA) is 32.7 Å². The molecule has 1 N–H and O–H groups in total. The molecule has 1 aliphatic heterocycles. The second-order valence-corrected chi connectivity index (χ2v) is 12.3. The molecule has 1 atom stereocenters. The minimum atomic E-state index is 0.359. The minimum absolute atomic E-state index is 0.359. The molecule has 224 valence electrons. The highest BCUT2D eigenvalue weighted by Crippen LogP contribution is 2.37. The van der Waals surface area contributed by atoms with Crippen molar-refractivity contribution < 1.29 is 4.74 Å². The molecule has 6 rings (SSSR count). The lowest BCUT2D eigenvalue weighted by Crippen LogP contribution is -2.46. The summed E-state index contributed by atoms with van der Waals surface area (Å²) >= 11 is 6.22. The molecule has 0 bridgehead atoms. The molecule has 5 nitrogen and oxygen atoms in total. The highest BCUT2D eigenvalue weighted by Gasteiger charge is 2.24. The van der Waals surface area contributed by atoms with Crippen LogP contribution in [0.4, 0.5) is 5.69 Å². The van der Waals surface area contributed by atoms with E-state index in [9.17, 15) is 0 Å². The van der Waals surface area contributed by atoms with Crippen LogP contribution in [0.5, 0.6) is 5.75 Å². The van der Waals surface area contributed by atoms with Crippen LogP contribution in [0.2, 0.25) is 5.02 Å². The fourth-order valence-corrected chi connectivity index (χ4v) is 7.00. The fraction of sp³-hybridized carbons (Fsp3) is 0.405. The quantitative estimate of drug-likeness (QED) is 0.130. The van der Waals surface area contributed by atoms with Gasteiger partial charge in [-0.2, -0.15) is 0 Å². The third-order valence-corrected chi connectivity index (χ3v) is 9.29. The van der Waals surface area contributed by atoms with Crippen LogP contribution in [0.25, 0.3) is 10.9 Å². The Morgan fingerprint density at radius 1 is 0.930 bits per heavy atom. The zero-order valence-corrected chi connectivity index (χ0v) is 25.9. The Morgan fingerprint density at radius 3 is 2.63 bits per heavy atom. The molecule has 1 aliphatic carbocycles. The second kappa shape index (κ2) is 14.4. The molecule has 0 amide bonds. The van der Waals surface area contributed by atoms with E-state index in [1.165, 1.54) is 59.1 Å². The van der Waals surface area contributed by atoms with E-state index in [0.717, 1.165) is 69.4 Å². The number of rotatable bonds is 13. The highest BCUT2D eigenvalue weighted by atomic mass is 35.5. The van der Waals surface area contributed by atoms with Crippen LogP contribution in [0.1, 0.15) is 54.8 Å². The van der Waals surface area contributed by atoms with E-state index >= 15 is 0 Å². The van der Waals surface area contributed by atoms with E-state index in [4.69, 9.17) is 22.8 Å². The van der Waals surface area contributed by atoms with E-state index < -0.39 is 0 Å². The summed E-state index contributed by atoms with van der Waals surface area (Å²) in [5.41, 5.74) is 6.57. The molecule has 4 aromatic rings. The fourth-order valence-electron chi connectivity index (χ4n) is 6.79. The van der Waals surface area contributed by atoms with Gasteiger partial charge >= 0.3 is 0 Å². The van der Waals surface area contributed by atoms with Gasteiger partial charge in [-0.05, 0) is 85.3 Å². The third kappa shape index (κ3) is 7.21. The van der Waals surface area contributed by atoms with Gasteiger partial charge < -0.3 is 14.2 Å². The summed E-state index contributed by atoms with van der Waals surface area (Å²) in [4.78, 5) is 5.20. The van der Waals surface area contributed by atoms with Gasteiger partial charge in [-0.15, -0.1) is 6.42 Å². The van der Waals surface area contributed by atoms with Crippen molar-refractivity contribution in [2.75, 3.05) is 50.8 Å². The van der Waals surface area contributed by atoms with Gasteiger partial charge in [-0.1, -0.05) is 60.7 Å². The smallest absolute Gasteiger partial charge is 0.122 e. The van der Waals surface area contributed by atoms with Gasteiger partial charge in [0.2, 0.25) is 0 Å². The van der Waals surface area contributed by atoms with Gasteiger partial charge in [-0.25, -0.2) is 0 Å². The molecule has 6 heteroatoms. The van der Waals surface area contributed by atoms with E-state index in [1.807, 2.05) is 12.1 Å². The molecule has 3 aromatic carbocycles. The van der Waals surface area contributed by atoms with Gasteiger partial charge in [0.25, 0.3) is 0 Å². The third-order valence-electron chi connectivity index (χ3n) is 9.05. The van der Waals surface area contributed by atoms with Crippen molar-refractivity contribution in [2.45, 2.75) is 51.1 Å². The Balaban J connectivity index is 0.907. The first kappa shape index (κ1) is 29.6. The standard InChI is InChI=1S/C37H43ClN4O/c1-2-19-39-34-17-16-32-31(34)12-8-15-37(32)43-26-6-4-3-5-20-40-22-24-41(25-23-40)35-13-9-14-36-33(35)18-21-42(36)28-29-10-7-11-30(38)27-29/h1,7-15,18,21,27,34,39H,3-6,16-17,19-20,22-26,28H2. The first-order valence-corrected chi connectivity index (χ1v) is 16.3. The summed E-state index contributed by atoms with van der Waals surface area (Å²) in [7, 11) is 0. The van der Waals surface area contributed by atoms with Crippen LogP contribution in [-0.4, -0.2) is 55.3 Å². The van der Waals surface area contributed by atoms with Gasteiger partial charge in [-0.3, -0.25) is 10.2 Å². The molecular formula is C37H43ClN4O. The number of terminal acetylenes is 1. The molecule has 0 saturated carbocycles. The first-order valence-electron chi connectivity index (χ1n) is 15.9. The van der Waals surface area contributed by atoms with Crippen molar-refractivity contribution in [1.82, 2.24) is 14.8 Å². The molecule has 2 aliphatic rings. The Morgan fingerprint density at radius 2 is 1.77 bits per heavy atom. The molecular weight excluding hydrogens is 552 g/mol. The molecule has 43 heavy (non-hydrogen) atoms. The molecule has 1 saturated heterocycles. The normalized spacial score (nSPS) is 16.8. The number of piperazine rings is 1. The van der Waals surface area contributed by atoms with Crippen molar-refractivity contribution in [1.29, 1.82) is 0 Å². The van der Waals surface area contributed by atoms with Crippen LogP contribution >= 0.6 is 11.6 Å². The number of anilines is 1. The average molecular weight is 595 g/mol. The summed E-state index contributed by atoms with van der Waals surface area (Å²) < 4.78 is 8.55.